The normalized spacial score (nSPS) is 11.0. The summed E-state index contributed by atoms with van der Waals surface area (Å²) in [5.41, 5.74) is 5.46. The summed E-state index contributed by atoms with van der Waals surface area (Å²) in [7, 11) is 3.12. The van der Waals surface area contributed by atoms with E-state index in [1.54, 1.807) is 25.2 Å². The van der Waals surface area contributed by atoms with Crippen LogP contribution >= 0.6 is 0 Å². The Labute approximate surface area is 179 Å². The van der Waals surface area contributed by atoms with Crippen LogP contribution in [-0.2, 0) is 7.05 Å². The summed E-state index contributed by atoms with van der Waals surface area (Å²) in [6.45, 7) is 0. The summed E-state index contributed by atoms with van der Waals surface area (Å²) in [4.78, 5) is 27.7. The summed E-state index contributed by atoms with van der Waals surface area (Å²) >= 11 is 0. The molecule has 0 aliphatic carbocycles. The van der Waals surface area contributed by atoms with Crippen LogP contribution in [0.3, 0.4) is 0 Å². The van der Waals surface area contributed by atoms with Crippen LogP contribution in [0.2, 0.25) is 0 Å². The van der Waals surface area contributed by atoms with Crippen LogP contribution in [0.4, 0.5) is 22.0 Å². The van der Waals surface area contributed by atoms with Crippen LogP contribution in [-0.4, -0.2) is 65.4 Å². The summed E-state index contributed by atoms with van der Waals surface area (Å²) in [5.74, 6) is -0.617. The molecule has 0 radical (unpaired) electrons. The van der Waals surface area contributed by atoms with Crippen molar-refractivity contribution in [1.82, 2.24) is 30.3 Å². The quantitative estimate of drug-likeness (QED) is 0.215. The fourth-order valence-electron chi connectivity index (χ4n) is 2.69. The first-order valence-corrected chi connectivity index (χ1v) is 8.81. The lowest BCUT2D eigenvalue weighted by molar-refractivity contribution is -0.323. The van der Waals surface area contributed by atoms with Gasteiger partial charge in [-0.05, 0) is 12.1 Å². The molecular weight excluding hydrogens is 426 g/mol. The molecule has 0 atom stereocenters. The van der Waals surface area contributed by atoms with Crippen LogP contribution in [0.25, 0.3) is 11.4 Å². The second-order valence-corrected chi connectivity index (χ2v) is 6.32. The Balaban J connectivity index is 2.06. The van der Waals surface area contributed by atoms with Gasteiger partial charge in [-0.25, -0.2) is 9.78 Å². The highest BCUT2D eigenvalue weighted by Gasteiger charge is 2.26. The number of urea groups is 1. The Morgan fingerprint density at radius 2 is 1.94 bits per heavy atom. The molecule has 3 rings (SSSR count). The number of nitrogens with one attached hydrogen (secondary N) is 3. The van der Waals surface area contributed by atoms with Crippen LogP contribution in [0, 0.1) is 0 Å². The average molecular weight is 445 g/mol. The van der Waals surface area contributed by atoms with Gasteiger partial charge in [0.1, 0.15) is 6.33 Å². The van der Waals surface area contributed by atoms with E-state index in [0.29, 0.717) is 22.8 Å². The van der Waals surface area contributed by atoms with Crippen molar-refractivity contribution in [2.75, 3.05) is 17.7 Å². The van der Waals surface area contributed by atoms with Crippen molar-refractivity contribution in [2.24, 2.45) is 12.8 Å². The topological polar surface area (TPSA) is 223 Å². The number of hydrogen-bond donors (Lipinski definition) is 7. The maximum absolute atomic E-state index is 12.4. The Bertz CT molecular complexity index is 1160. The van der Waals surface area contributed by atoms with E-state index in [0.717, 1.165) is 0 Å². The van der Waals surface area contributed by atoms with Gasteiger partial charge in [-0.2, -0.15) is 5.10 Å². The van der Waals surface area contributed by atoms with Crippen LogP contribution < -0.4 is 26.4 Å². The summed E-state index contributed by atoms with van der Waals surface area (Å²) in [6, 6.07) is 5.29. The number of hydrogen-bond acceptors (Lipinski definition) is 11. The Morgan fingerprint density at radius 1 is 1.19 bits per heavy atom. The molecule has 0 saturated heterocycles. The number of anilines is 3. The number of methoxy groups -OCH3 is 1. The number of ether oxygens (including phenoxy) is 1. The molecule has 1 aromatic carbocycles. The highest BCUT2D eigenvalue weighted by molar-refractivity contribution is 5.99. The molecular formula is C17H19N9O6. The second-order valence-electron chi connectivity index (χ2n) is 6.32. The number of primary amides is 1. The number of nitrogens with two attached hydrogens (primary N) is 1. The zero-order valence-corrected chi connectivity index (χ0v) is 16.8. The molecule has 15 nitrogen and oxygen atoms in total. The molecule has 0 saturated carbocycles. The monoisotopic (exact) mass is 445 g/mol. The van der Waals surface area contributed by atoms with E-state index in [2.05, 4.69) is 30.9 Å². The summed E-state index contributed by atoms with van der Waals surface area (Å²) in [6.07, 6.45) is -1.99. The van der Waals surface area contributed by atoms with Crippen molar-refractivity contribution in [2.45, 2.75) is 6.10 Å². The number of amides is 3. The average Bonchev–Trinajstić information content (AvgIpc) is 3.12. The second kappa shape index (κ2) is 8.80. The number of benzene rings is 1. The summed E-state index contributed by atoms with van der Waals surface area (Å²) in [5, 5.41) is 45.3. The van der Waals surface area contributed by atoms with Crippen molar-refractivity contribution in [3.63, 3.8) is 0 Å². The molecule has 0 aliphatic rings. The molecule has 0 aliphatic heterocycles. The molecule has 2 heterocycles. The van der Waals surface area contributed by atoms with Gasteiger partial charge in [0.2, 0.25) is 0 Å². The predicted molar refractivity (Wildman–Crippen MR) is 108 cm³/mol. The highest BCUT2D eigenvalue weighted by atomic mass is 16.7. The zero-order valence-electron chi connectivity index (χ0n) is 16.8. The Morgan fingerprint density at radius 3 is 2.53 bits per heavy atom. The van der Waals surface area contributed by atoms with Gasteiger partial charge in [-0.3, -0.25) is 20.1 Å². The van der Waals surface area contributed by atoms with Crippen LogP contribution in [0.5, 0.6) is 5.75 Å². The third-order valence-corrected chi connectivity index (χ3v) is 3.87. The minimum absolute atomic E-state index is 0.0464. The van der Waals surface area contributed by atoms with Crippen molar-refractivity contribution < 1.29 is 29.6 Å². The van der Waals surface area contributed by atoms with E-state index in [1.807, 2.05) is 0 Å². The minimum Gasteiger partial charge on any atom is -0.494 e. The van der Waals surface area contributed by atoms with Gasteiger partial charge < -0.3 is 31.1 Å². The number of rotatable bonds is 7. The maximum Gasteiger partial charge on any atom is 0.369 e. The highest BCUT2D eigenvalue weighted by Crippen LogP contribution is 2.37. The lowest BCUT2D eigenvalue weighted by Crippen LogP contribution is -2.48. The lowest BCUT2D eigenvalue weighted by Gasteiger charge is -2.18. The van der Waals surface area contributed by atoms with Crippen molar-refractivity contribution in [3.8, 4) is 17.1 Å². The first-order chi connectivity index (χ1) is 15.1. The number of nitrogens with zero attached hydrogens (tertiary/aromatic N) is 5. The molecule has 32 heavy (non-hydrogen) atoms. The number of aliphatic hydroxyl groups is 3. The molecule has 8 N–H and O–H groups in total. The van der Waals surface area contributed by atoms with Gasteiger partial charge in [-0.1, -0.05) is 6.07 Å². The van der Waals surface area contributed by atoms with Crippen molar-refractivity contribution >= 4 is 29.1 Å². The minimum atomic E-state index is -3.50. The molecule has 0 unspecified atom stereocenters. The lowest BCUT2D eigenvalue weighted by atomic mass is 10.1. The van der Waals surface area contributed by atoms with Crippen LogP contribution in [0.1, 0.15) is 10.5 Å². The van der Waals surface area contributed by atoms with Crippen LogP contribution in [0.15, 0.2) is 30.6 Å². The molecule has 0 spiro atoms. The molecule has 2 aromatic heterocycles. The van der Waals surface area contributed by atoms with Gasteiger partial charge >= 0.3 is 12.1 Å². The third kappa shape index (κ3) is 5.22. The van der Waals surface area contributed by atoms with Gasteiger partial charge in [-0.15, -0.1) is 10.2 Å². The van der Waals surface area contributed by atoms with E-state index in [4.69, 9.17) is 25.8 Å². The predicted octanol–water partition coefficient (Wildman–Crippen LogP) is -1.17. The maximum atomic E-state index is 12.4. The Hall–Kier alpha value is -4.34. The first kappa shape index (κ1) is 22.3. The number of carbonyl (C=O) groups is 2. The third-order valence-electron chi connectivity index (χ3n) is 3.87. The van der Waals surface area contributed by atoms with E-state index >= 15 is 0 Å². The van der Waals surface area contributed by atoms with E-state index < -0.39 is 23.7 Å². The molecule has 168 valence electrons. The van der Waals surface area contributed by atoms with Gasteiger partial charge in [0, 0.05) is 13.1 Å². The molecule has 3 aromatic rings. The largest absolute Gasteiger partial charge is 0.494 e. The van der Waals surface area contributed by atoms with E-state index in [-0.39, 0.29) is 11.5 Å². The van der Waals surface area contributed by atoms with E-state index in [9.17, 15) is 9.59 Å². The number of aryl methyl sites for hydroxylation is 1. The van der Waals surface area contributed by atoms with E-state index in [1.165, 1.54) is 29.5 Å². The number of aromatic nitrogens is 5. The van der Waals surface area contributed by atoms with Gasteiger partial charge in [0.15, 0.2) is 23.1 Å². The fraction of sp³-hybridized carbons (Fsp3) is 0.176. The van der Waals surface area contributed by atoms with Crippen molar-refractivity contribution in [3.05, 3.63) is 36.3 Å². The fourth-order valence-corrected chi connectivity index (χ4v) is 2.69. The first-order valence-electron chi connectivity index (χ1n) is 8.81. The van der Waals surface area contributed by atoms with Gasteiger partial charge in [0.25, 0.3) is 5.91 Å². The Kier molecular flexibility index (Phi) is 6.15. The SMILES string of the molecule is COc1c(Nc2cc(NC(N)=O)nnc2C(=O)NC(O)(O)O)cccc1-c1ncn(C)n1. The van der Waals surface area contributed by atoms with Crippen molar-refractivity contribution in [1.29, 1.82) is 0 Å². The number of carbonyl (C=O) groups excluding carboxylic acids is 2. The molecule has 15 heteroatoms. The summed E-state index contributed by atoms with van der Waals surface area (Å²) < 4.78 is 7.00. The van der Waals surface area contributed by atoms with Gasteiger partial charge in [0.05, 0.1) is 24.0 Å². The smallest absolute Gasteiger partial charge is 0.369 e. The standard InChI is InChI=1S/C17H19N9O6/c1-26-7-19-14(25-26)8-4-3-5-9(13(8)32-2)20-10-6-11(21-16(18)28)23-24-12(10)15(27)22-17(29,30)31/h3-7,29-31H,1-2H3,(H,22,27)(H4,18,20,21,23,28). The molecule has 3 amide bonds. The zero-order chi connectivity index (χ0) is 23.5. The number of para-hydroxylation sites is 1. The molecule has 0 fully saturated rings. The molecule has 0 bridgehead atoms.